The number of esters is 1. The maximum absolute atomic E-state index is 13.2. The van der Waals surface area contributed by atoms with Crippen molar-refractivity contribution in [2.45, 2.75) is 45.4 Å². The van der Waals surface area contributed by atoms with E-state index in [2.05, 4.69) is 9.97 Å². The first-order valence-electron chi connectivity index (χ1n) is 12.4. The molecule has 5 rings (SSSR count). The molecule has 1 aliphatic carbocycles. The summed E-state index contributed by atoms with van der Waals surface area (Å²) in [5.74, 6) is 1.30. The van der Waals surface area contributed by atoms with E-state index in [1.807, 2.05) is 26.0 Å². The van der Waals surface area contributed by atoms with E-state index in [1.54, 1.807) is 24.1 Å². The number of fused-ring (bicyclic) bond motifs is 1. The van der Waals surface area contributed by atoms with Crippen molar-refractivity contribution in [3.05, 3.63) is 52.1 Å². The summed E-state index contributed by atoms with van der Waals surface area (Å²) < 4.78 is 17.3. The van der Waals surface area contributed by atoms with Crippen LogP contribution in [-0.2, 0) is 16.1 Å². The minimum Gasteiger partial charge on any atom is -0.493 e. The molecule has 1 amide bonds. The molecule has 9 nitrogen and oxygen atoms in total. The fourth-order valence-corrected chi connectivity index (χ4v) is 5.37. The van der Waals surface area contributed by atoms with Crippen LogP contribution < -0.4 is 20.1 Å². The van der Waals surface area contributed by atoms with Gasteiger partial charge < -0.3 is 24.8 Å². The van der Waals surface area contributed by atoms with E-state index in [9.17, 15) is 9.59 Å². The molecule has 2 aliphatic rings. The number of halogens is 2. The Kier molecular flexibility index (Phi) is 9.00. The summed E-state index contributed by atoms with van der Waals surface area (Å²) in [6, 6.07) is 6.65. The van der Waals surface area contributed by atoms with Crippen molar-refractivity contribution >= 4 is 52.9 Å². The number of anilines is 1. The van der Waals surface area contributed by atoms with Crippen LogP contribution in [0.2, 0.25) is 5.02 Å². The van der Waals surface area contributed by atoms with E-state index < -0.39 is 12.0 Å². The van der Waals surface area contributed by atoms with Gasteiger partial charge in [0.1, 0.15) is 18.8 Å². The number of hydrogen-bond acceptors (Lipinski definition) is 9. The third kappa shape index (κ3) is 6.30. The molecule has 0 bridgehead atoms. The zero-order valence-electron chi connectivity index (χ0n) is 21.8. The van der Waals surface area contributed by atoms with Crippen LogP contribution in [0.5, 0.6) is 11.5 Å². The molecule has 1 saturated carbocycles. The van der Waals surface area contributed by atoms with E-state index in [0.717, 1.165) is 23.3 Å². The Hall–Kier alpha value is -2.92. The van der Waals surface area contributed by atoms with Crippen molar-refractivity contribution in [2.24, 2.45) is 17.6 Å². The highest BCUT2D eigenvalue weighted by molar-refractivity contribution is 7.17. The topological polar surface area (TPSA) is 117 Å². The van der Waals surface area contributed by atoms with Gasteiger partial charge >= 0.3 is 5.97 Å². The number of carbonyl (C=O) groups excluding carboxylic acids is 2. The third-order valence-corrected chi connectivity index (χ3v) is 8.04. The highest BCUT2D eigenvalue weighted by Crippen LogP contribution is 2.40. The van der Waals surface area contributed by atoms with Gasteiger partial charge in [-0.1, -0.05) is 25.4 Å². The zero-order chi connectivity index (χ0) is 27.0. The second kappa shape index (κ2) is 12.1. The molecule has 1 fully saturated rings. The minimum atomic E-state index is -0.666. The fraction of sp³-hybridized carbons (Fsp3) is 0.407. The van der Waals surface area contributed by atoms with Crippen molar-refractivity contribution in [1.82, 2.24) is 9.97 Å². The third-order valence-electron chi connectivity index (χ3n) is 6.69. The van der Waals surface area contributed by atoms with Crippen molar-refractivity contribution in [1.29, 1.82) is 0 Å². The molecular weight excluding hydrogens is 563 g/mol. The van der Waals surface area contributed by atoms with E-state index in [4.69, 9.17) is 31.5 Å². The first-order valence-corrected chi connectivity index (χ1v) is 13.6. The van der Waals surface area contributed by atoms with Crippen LogP contribution in [0, 0.1) is 11.8 Å². The Morgan fingerprint density at radius 2 is 1.92 bits per heavy atom. The van der Waals surface area contributed by atoms with E-state index >= 15 is 0 Å². The molecule has 0 saturated heterocycles. The SMILES string of the molecule is COc1cc(N2Cc3cc(-c4ncc(Cl)cn4)sc3C2=O)ccc1OC[C@H](OC(=O)[C@@H](N)C(C)C)C1CC1.Cl. The Labute approximate surface area is 242 Å². The lowest BCUT2D eigenvalue weighted by Gasteiger charge is -2.23. The summed E-state index contributed by atoms with van der Waals surface area (Å²) >= 11 is 7.25. The largest absolute Gasteiger partial charge is 0.493 e. The van der Waals surface area contributed by atoms with Gasteiger partial charge in [-0.2, -0.15) is 0 Å². The first-order chi connectivity index (χ1) is 18.2. The molecule has 2 N–H and O–H groups in total. The van der Waals surface area contributed by atoms with Crippen LogP contribution in [-0.4, -0.2) is 47.7 Å². The van der Waals surface area contributed by atoms with Gasteiger partial charge in [0, 0.05) is 24.1 Å². The monoisotopic (exact) mass is 592 g/mol. The molecule has 0 spiro atoms. The molecular formula is C27H30Cl2N4O5S. The Balaban J connectivity index is 0.00000353. The highest BCUT2D eigenvalue weighted by Gasteiger charge is 2.36. The predicted molar refractivity (Wildman–Crippen MR) is 152 cm³/mol. The number of hydrogen-bond donors (Lipinski definition) is 1. The lowest BCUT2D eigenvalue weighted by atomic mass is 10.1. The maximum atomic E-state index is 13.2. The Morgan fingerprint density at radius 3 is 2.54 bits per heavy atom. The Morgan fingerprint density at radius 1 is 1.21 bits per heavy atom. The number of methoxy groups -OCH3 is 1. The zero-order valence-corrected chi connectivity index (χ0v) is 24.1. The number of aromatic nitrogens is 2. The quantitative estimate of drug-likeness (QED) is 0.322. The lowest BCUT2D eigenvalue weighted by molar-refractivity contribution is -0.154. The first kappa shape index (κ1) is 29.1. The fourth-order valence-electron chi connectivity index (χ4n) is 4.20. The van der Waals surface area contributed by atoms with Gasteiger partial charge in [0.25, 0.3) is 5.91 Å². The van der Waals surface area contributed by atoms with Gasteiger partial charge in [-0.15, -0.1) is 23.7 Å². The van der Waals surface area contributed by atoms with E-state index in [0.29, 0.717) is 39.5 Å². The lowest BCUT2D eigenvalue weighted by Crippen LogP contribution is -2.40. The average molecular weight is 594 g/mol. The number of ether oxygens (including phenoxy) is 3. The average Bonchev–Trinajstić information content (AvgIpc) is 3.60. The van der Waals surface area contributed by atoms with Crippen LogP contribution in [0.4, 0.5) is 5.69 Å². The van der Waals surface area contributed by atoms with Crippen LogP contribution in [0.15, 0.2) is 36.7 Å². The smallest absolute Gasteiger partial charge is 0.323 e. The molecule has 208 valence electrons. The summed E-state index contributed by atoms with van der Waals surface area (Å²) in [4.78, 5) is 37.3. The van der Waals surface area contributed by atoms with Gasteiger partial charge in [0.2, 0.25) is 0 Å². The minimum absolute atomic E-state index is 0. The molecule has 3 aromatic rings. The van der Waals surface area contributed by atoms with Crippen LogP contribution >= 0.6 is 35.3 Å². The predicted octanol–water partition coefficient (Wildman–Crippen LogP) is 5.13. The second-order valence-electron chi connectivity index (χ2n) is 9.81. The maximum Gasteiger partial charge on any atom is 0.323 e. The standard InChI is InChI=1S/C27H29ClN4O5S.ClH/c1-14(2)23(29)27(34)37-21(15-4-5-15)13-36-19-7-6-18(9-20(19)35-3)32-12-16-8-22(38-24(16)26(32)33)25-30-10-17(28)11-31-25;/h6-11,14-15,21,23H,4-5,12-13,29H2,1-3H3;1H/t21-,23-;/m0./s1. The van der Waals surface area contributed by atoms with Crippen molar-refractivity contribution < 1.29 is 23.8 Å². The summed E-state index contributed by atoms with van der Waals surface area (Å²) in [6.45, 7) is 4.40. The van der Waals surface area contributed by atoms with Crippen LogP contribution in [0.25, 0.3) is 10.7 Å². The summed E-state index contributed by atoms with van der Waals surface area (Å²) in [6.07, 6.45) is 4.68. The molecule has 12 heteroatoms. The molecule has 39 heavy (non-hydrogen) atoms. The van der Waals surface area contributed by atoms with Crippen molar-refractivity contribution in [2.75, 3.05) is 18.6 Å². The number of amides is 1. The van der Waals surface area contributed by atoms with Crippen LogP contribution in [0.3, 0.4) is 0 Å². The number of nitrogens with zero attached hydrogens (tertiary/aromatic N) is 3. The van der Waals surface area contributed by atoms with Gasteiger partial charge in [-0.3, -0.25) is 9.59 Å². The summed E-state index contributed by atoms with van der Waals surface area (Å²) in [5.41, 5.74) is 7.57. The molecule has 2 atom stereocenters. The van der Waals surface area contributed by atoms with Gasteiger partial charge in [0.15, 0.2) is 17.3 Å². The number of rotatable bonds is 10. The Bertz CT molecular complexity index is 1350. The van der Waals surface area contributed by atoms with Crippen LogP contribution in [0.1, 0.15) is 41.9 Å². The number of nitrogens with two attached hydrogens (primary N) is 1. The van der Waals surface area contributed by atoms with Crippen molar-refractivity contribution in [3.8, 4) is 22.2 Å². The van der Waals surface area contributed by atoms with E-state index in [-0.39, 0.29) is 42.9 Å². The second-order valence-corrected chi connectivity index (χ2v) is 11.3. The molecule has 1 aliphatic heterocycles. The van der Waals surface area contributed by atoms with Gasteiger partial charge in [-0.25, -0.2) is 9.97 Å². The summed E-state index contributed by atoms with van der Waals surface area (Å²) in [7, 11) is 1.55. The van der Waals surface area contributed by atoms with Crippen molar-refractivity contribution in [3.63, 3.8) is 0 Å². The normalized spacial score (nSPS) is 15.9. The highest BCUT2D eigenvalue weighted by atomic mass is 35.5. The molecule has 2 aromatic heterocycles. The summed E-state index contributed by atoms with van der Waals surface area (Å²) in [5, 5.41) is 0.459. The van der Waals surface area contributed by atoms with Gasteiger partial charge in [0.05, 0.1) is 28.4 Å². The number of carbonyl (C=O) groups is 2. The van der Waals surface area contributed by atoms with Gasteiger partial charge in [-0.05, 0) is 48.4 Å². The number of thiophene rings is 1. The molecule has 0 unspecified atom stereocenters. The molecule has 3 heterocycles. The molecule has 1 aromatic carbocycles. The number of benzene rings is 1. The van der Waals surface area contributed by atoms with E-state index in [1.165, 1.54) is 23.7 Å². The molecule has 0 radical (unpaired) electrons.